The Morgan fingerprint density at radius 3 is 2.68 bits per heavy atom. The van der Waals surface area contributed by atoms with Crippen LogP contribution >= 0.6 is 0 Å². The van der Waals surface area contributed by atoms with Crippen LogP contribution in [0.15, 0.2) is 36.4 Å². The van der Waals surface area contributed by atoms with Crippen LogP contribution in [0.5, 0.6) is 5.75 Å². The molecule has 0 spiro atoms. The van der Waals surface area contributed by atoms with Gasteiger partial charge in [0, 0.05) is 24.0 Å². The van der Waals surface area contributed by atoms with E-state index in [0.29, 0.717) is 5.92 Å². The molecule has 2 N–H and O–H groups in total. The van der Waals surface area contributed by atoms with Crippen molar-refractivity contribution in [1.29, 1.82) is 0 Å². The molecule has 3 rings (SSSR count). The van der Waals surface area contributed by atoms with Crippen molar-refractivity contribution in [2.24, 2.45) is 11.7 Å². The molecule has 2 aromatic carbocycles. The largest absolute Gasteiger partial charge is 0.496 e. The Balaban J connectivity index is 2.08. The molecule has 1 aliphatic heterocycles. The van der Waals surface area contributed by atoms with Gasteiger partial charge < -0.3 is 15.2 Å². The number of benzene rings is 2. The third-order valence-corrected chi connectivity index (χ3v) is 3.97. The first-order chi connectivity index (χ1) is 9.31. The van der Waals surface area contributed by atoms with Gasteiger partial charge in [0.05, 0.1) is 13.7 Å². The molecule has 0 amide bonds. The molecule has 0 saturated carbocycles. The van der Waals surface area contributed by atoms with Crippen molar-refractivity contribution in [3.8, 4) is 5.75 Å². The van der Waals surface area contributed by atoms with Gasteiger partial charge in [-0.15, -0.1) is 0 Å². The lowest BCUT2D eigenvalue weighted by Crippen LogP contribution is -2.21. The van der Waals surface area contributed by atoms with E-state index in [-0.39, 0.29) is 6.04 Å². The highest BCUT2D eigenvalue weighted by Crippen LogP contribution is 2.35. The van der Waals surface area contributed by atoms with E-state index in [1.54, 1.807) is 7.11 Å². The van der Waals surface area contributed by atoms with Crippen LogP contribution in [0.2, 0.25) is 0 Å². The van der Waals surface area contributed by atoms with Crippen LogP contribution in [0.3, 0.4) is 0 Å². The summed E-state index contributed by atoms with van der Waals surface area (Å²) in [6.45, 7) is 1.59. The monoisotopic (exact) mass is 257 g/mol. The summed E-state index contributed by atoms with van der Waals surface area (Å²) in [6, 6.07) is 12.4. The van der Waals surface area contributed by atoms with Gasteiger partial charge in [0.1, 0.15) is 5.75 Å². The fraction of sp³-hybridized carbons (Fsp3) is 0.375. The Morgan fingerprint density at radius 1 is 1.21 bits per heavy atom. The van der Waals surface area contributed by atoms with E-state index in [1.165, 1.54) is 10.9 Å². The van der Waals surface area contributed by atoms with Crippen LogP contribution in [0.1, 0.15) is 18.0 Å². The second kappa shape index (κ2) is 5.19. The molecule has 1 saturated heterocycles. The maximum absolute atomic E-state index is 6.44. The zero-order chi connectivity index (χ0) is 13.2. The van der Waals surface area contributed by atoms with Crippen molar-refractivity contribution < 1.29 is 9.47 Å². The highest BCUT2D eigenvalue weighted by atomic mass is 16.5. The van der Waals surface area contributed by atoms with Crippen LogP contribution in [-0.2, 0) is 4.74 Å². The topological polar surface area (TPSA) is 44.5 Å². The molecular formula is C16H19NO2. The summed E-state index contributed by atoms with van der Waals surface area (Å²) in [6.07, 6.45) is 1.04. The van der Waals surface area contributed by atoms with Crippen molar-refractivity contribution in [3.05, 3.63) is 42.0 Å². The summed E-state index contributed by atoms with van der Waals surface area (Å²) in [5, 5.41) is 2.30. The summed E-state index contributed by atoms with van der Waals surface area (Å²) >= 11 is 0. The minimum absolute atomic E-state index is 0.0262. The Labute approximate surface area is 113 Å². The molecule has 0 aromatic heterocycles. The lowest BCUT2D eigenvalue weighted by molar-refractivity contribution is 0.181. The van der Waals surface area contributed by atoms with E-state index in [2.05, 4.69) is 18.2 Å². The van der Waals surface area contributed by atoms with Crippen LogP contribution in [-0.4, -0.2) is 20.3 Å². The van der Waals surface area contributed by atoms with E-state index in [0.717, 1.165) is 30.8 Å². The van der Waals surface area contributed by atoms with Crippen molar-refractivity contribution in [3.63, 3.8) is 0 Å². The van der Waals surface area contributed by atoms with E-state index in [1.807, 2.05) is 18.2 Å². The molecule has 2 aromatic rings. The minimum Gasteiger partial charge on any atom is -0.496 e. The lowest BCUT2D eigenvalue weighted by Gasteiger charge is -2.20. The highest BCUT2D eigenvalue weighted by molar-refractivity contribution is 5.91. The maximum Gasteiger partial charge on any atom is 0.126 e. The minimum atomic E-state index is 0.0262. The molecule has 1 fully saturated rings. The third kappa shape index (κ3) is 2.20. The Bertz CT molecular complexity index is 576. The SMILES string of the molecule is COc1ccc(C(N)C2CCOC2)c2ccccc12. The van der Waals surface area contributed by atoms with Crippen LogP contribution in [0.4, 0.5) is 0 Å². The molecule has 2 unspecified atom stereocenters. The second-order valence-electron chi connectivity index (χ2n) is 5.05. The number of fused-ring (bicyclic) bond motifs is 1. The van der Waals surface area contributed by atoms with E-state index in [4.69, 9.17) is 15.2 Å². The number of methoxy groups -OCH3 is 1. The molecule has 0 bridgehead atoms. The molecule has 0 aliphatic carbocycles. The molecule has 1 aliphatic rings. The van der Waals surface area contributed by atoms with Gasteiger partial charge in [0.25, 0.3) is 0 Å². The van der Waals surface area contributed by atoms with Gasteiger partial charge in [-0.3, -0.25) is 0 Å². The fourth-order valence-corrected chi connectivity index (χ4v) is 2.85. The van der Waals surface area contributed by atoms with Gasteiger partial charge >= 0.3 is 0 Å². The number of rotatable bonds is 3. The molecule has 1 heterocycles. The molecular weight excluding hydrogens is 238 g/mol. The van der Waals surface area contributed by atoms with Crippen LogP contribution in [0.25, 0.3) is 10.8 Å². The predicted octanol–water partition coefficient (Wildman–Crippen LogP) is 2.88. The molecule has 0 radical (unpaired) electrons. The zero-order valence-electron chi connectivity index (χ0n) is 11.1. The molecule has 3 heteroatoms. The quantitative estimate of drug-likeness (QED) is 0.919. The summed E-state index contributed by atoms with van der Waals surface area (Å²) in [5.41, 5.74) is 7.62. The van der Waals surface area contributed by atoms with E-state index >= 15 is 0 Å². The van der Waals surface area contributed by atoms with Gasteiger partial charge in [0.2, 0.25) is 0 Å². The third-order valence-electron chi connectivity index (χ3n) is 3.97. The Hall–Kier alpha value is -1.58. The average molecular weight is 257 g/mol. The average Bonchev–Trinajstić information content (AvgIpc) is 2.99. The standard InChI is InChI=1S/C16H19NO2/c1-18-15-7-6-14(12-4-2-3-5-13(12)15)16(17)11-8-9-19-10-11/h2-7,11,16H,8-10,17H2,1H3. The number of nitrogens with two attached hydrogens (primary N) is 1. The fourth-order valence-electron chi connectivity index (χ4n) is 2.85. The molecule has 2 atom stereocenters. The van der Waals surface area contributed by atoms with Crippen LogP contribution < -0.4 is 10.5 Å². The predicted molar refractivity (Wildman–Crippen MR) is 76.4 cm³/mol. The molecule has 3 nitrogen and oxygen atoms in total. The van der Waals surface area contributed by atoms with Crippen molar-refractivity contribution >= 4 is 10.8 Å². The van der Waals surface area contributed by atoms with E-state index < -0.39 is 0 Å². The molecule has 100 valence electrons. The summed E-state index contributed by atoms with van der Waals surface area (Å²) in [4.78, 5) is 0. The second-order valence-corrected chi connectivity index (χ2v) is 5.05. The first kappa shape index (κ1) is 12.5. The lowest BCUT2D eigenvalue weighted by atomic mass is 9.89. The Kier molecular flexibility index (Phi) is 3.40. The first-order valence-corrected chi connectivity index (χ1v) is 6.70. The smallest absolute Gasteiger partial charge is 0.126 e. The Morgan fingerprint density at radius 2 is 2.00 bits per heavy atom. The van der Waals surface area contributed by atoms with Crippen molar-refractivity contribution in [2.75, 3.05) is 20.3 Å². The summed E-state index contributed by atoms with van der Waals surface area (Å²) in [5.74, 6) is 1.31. The number of ether oxygens (including phenoxy) is 2. The van der Waals surface area contributed by atoms with Crippen molar-refractivity contribution in [2.45, 2.75) is 12.5 Å². The van der Waals surface area contributed by atoms with Crippen molar-refractivity contribution in [1.82, 2.24) is 0 Å². The van der Waals surface area contributed by atoms with Gasteiger partial charge in [-0.1, -0.05) is 30.3 Å². The van der Waals surface area contributed by atoms with Crippen LogP contribution in [0, 0.1) is 5.92 Å². The number of hydrogen-bond donors (Lipinski definition) is 1. The van der Waals surface area contributed by atoms with Gasteiger partial charge in [0.15, 0.2) is 0 Å². The van der Waals surface area contributed by atoms with Gasteiger partial charge in [-0.2, -0.15) is 0 Å². The summed E-state index contributed by atoms with van der Waals surface area (Å²) < 4.78 is 10.9. The number of hydrogen-bond acceptors (Lipinski definition) is 3. The zero-order valence-corrected chi connectivity index (χ0v) is 11.1. The molecule has 19 heavy (non-hydrogen) atoms. The summed E-state index contributed by atoms with van der Waals surface area (Å²) in [7, 11) is 1.70. The van der Waals surface area contributed by atoms with E-state index in [9.17, 15) is 0 Å². The highest BCUT2D eigenvalue weighted by Gasteiger charge is 2.25. The first-order valence-electron chi connectivity index (χ1n) is 6.70. The maximum atomic E-state index is 6.44. The van der Waals surface area contributed by atoms with Gasteiger partial charge in [-0.05, 0) is 23.4 Å². The normalized spacial score (nSPS) is 20.6. The van der Waals surface area contributed by atoms with Gasteiger partial charge in [-0.25, -0.2) is 0 Å².